The first-order valence-electron chi connectivity index (χ1n) is 4.48. The second-order valence-corrected chi connectivity index (χ2v) is 4.11. The number of aromatic nitrogens is 2. The molecule has 4 heteroatoms. The molecule has 0 bridgehead atoms. The van der Waals surface area contributed by atoms with Crippen molar-refractivity contribution in [2.75, 3.05) is 0 Å². The highest BCUT2D eigenvalue weighted by atomic mass is 127. The molecule has 0 fully saturated rings. The number of benzene rings is 1. The van der Waals surface area contributed by atoms with Gasteiger partial charge in [-0.05, 0) is 28.2 Å². The fourth-order valence-electron chi connectivity index (χ4n) is 1.13. The van der Waals surface area contributed by atoms with Crippen LogP contribution < -0.4 is 4.74 Å². The molecule has 0 aliphatic carbocycles. The van der Waals surface area contributed by atoms with Crippen molar-refractivity contribution in [2.45, 2.75) is 6.61 Å². The standard InChI is InChI=1S/C11H9IN2O/c12-10-6-13-8-14-11(10)15-7-9-4-2-1-3-5-9/h1-6,8H,7H2. The molecule has 0 spiro atoms. The van der Waals surface area contributed by atoms with Crippen LogP contribution in [0.15, 0.2) is 42.9 Å². The second-order valence-electron chi connectivity index (χ2n) is 2.95. The largest absolute Gasteiger partial charge is 0.472 e. The van der Waals surface area contributed by atoms with Crippen molar-refractivity contribution in [1.82, 2.24) is 9.97 Å². The molecule has 0 aliphatic rings. The molecule has 0 aliphatic heterocycles. The number of ether oxygens (including phenoxy) is 1. The summed E-state index contributed by atoms with van der Waals surface area (Å²) in [4.78, 5) is 7.95. The maximum atomic E-state index is 5.56. The van der Waals surface area contributed by atoms with Gasteiger partial charge in [0, 0.05) is 6.20 Å². The Balaban J connectivity index is 2.03. The predicted molar refractivity (Wildman–Crippen MR) is 65.5 cm³/mol. The van der Waals surface area contributed by atoms with E-state index in [2.05, 4.69) is 32.6 Å². The number of hydrogen-bond donors (Lipinski definition) is 0. The first-order valence-corrected chi connectivity index (χ1v) is 5.56. The Morgan fingerprint density at radius 1 is 1.20 bits per heavy atom. The Bertz CT molecular complexity index is 434. The predicted octanol–water partition coefficient (Wildman–Crippen LogP) is 2.66. The van der Waals surface area contributed by atoms with Crippen molar-refractivity contribution in [1.29, 1.82) is 0 Å². The molecule has 0 unspecified atom stereocenters. The zero-order valence-electron chi connectivity index (χ0n) is 7.93. The van der Waals surface area contributed by atoms with Crippen LogP contribution in [0.25, 0.3) is 0 Å². The fourth-order valence-corrected chi connectivity index (χ4v) is 1.59. The van der Waals surface area contributed by atoms with E-state index in [9.17, 15) is 0 Å². The third-order valence-corrected chi connectivity index (χ3v) is 2.59. The summed E-state index contributed by atoms with van der Waals surface area (Å²) in [6, 6.07) is 10.0. The molecule has 3 nitrogen and oxygen atoms in total. The monoisotopic (exact) mass is 312 g/mol. The highest BCUT2D eigenvalue weighted by molar-refractivity contribution is 14.1. The molecular formula is C11H9IN2O. The van der Waals surface area contributed by atoms with Gasteiger partial charge in [-0.2, -0.15) is 0 Å². The van der Waals surface area contributed by atoms with E-state index in [1.54, 1.807) is 6.20 Å². The molecule has 0 radical (unpaired) electrons. The zero-order valence-corrected chi connectivity index (χ0v) is 10.1. The molecule has 76 valence electrons. The third-order valence-electron chi connectivity index (χ3n) is 1.85. The maximum Gasteiger partial charge on any atom is 0.230 e. The van der Waals surface area contributed by atoms with Gasteiger partial charge in [-0.15, -0.1) is 0 Å². The van der Waals surface area contributed by atoms with E-state index < -0.39 is 0 Å². The lowest BCUT2D eigenvalue weighted by atomic mass is 10.2. The molecule has 2 aromatic rings. The summed E-state index contributed by atoms with van der Waals surface area (Å²) in [7, 11) is 0. The van der Waals surface area contributed by atoms with Gasteiger partial charge < -0.3 is 4.74 Å². The molecule has 1 aromatic heterocycles. The molecule has 1 aromatic carbocycles. The van der Waals surface area contributed by atoms with Crippen LogP contribution in [-0.4, -0.2) is 9.97 Å². The summed E-state index contributed by atoms with van der Waals surface area (Å²) in [5, 5.41) is 0. The molecule has 0 atom stereocenters. The van der Waals surface area contributed by atoms with Crippen LogP contribution in [-0.2, 0) is 6.61 Å². The molecule has 1 heterocycles. The summed E-state index contributed by atoms with van der Waals surface area (Å²) in [5.74, 6) is 0.634. The average molecular weight is 312 g/mol. The van der Waals surface area contributed by atoms with E-state index in [0.29, 0.717) is 12.5 Å². The van der Waals surface area contributed by atoms with Crippen molar-refractivity contribution in [2.24, 2.45) is 0 Å². The molecule has 0 saturated carbocycles. The Morgan fingerprint density at radius 2 is 2.00 bits per heavy atom. The maximum absolute atomic E-state index is 5.56. The van der Waals surface area contributed by atoms with Crippen LogP contribution in [0.3, 0.4) is 0 Å². The van der Waals surface area contributed by atoms with E-state index >= 15 is 0 Å². The molecule has 0 N–H and O–H groups in total. The fraction of sp³-hybridized carbons (Fsp3) is 0.0909. The Hall–Kier alpha value is -1.17. The van der Waals surface area contributed by atoms with Crippen LogP contribution in [0.1, 0.15) is 5.56 Å². The summed E-state index contributed by atoms with van der Waals surface area (Å²) in [6.07, 6.45) is 3.22. The topological polar surface area (TPSA) is 35.0 Å². The van der Waals surface area contributed by atoms with Gasteiger partial charge in [0.15, 0.2) is 0 Å². The van der Waals surface area contributed by atoms with E-state index in [1.165, 1.54) is 6.33 Å². The van der Waals surface area contributed by atoms with E-state index in [4.69, 9.17) is 4.74 Å². The number of hydrogen-bond acceptors (Lipinski definition) is 3. The second kappa shape index (κ2) is 5.06. The van der Waals surface area contributed by atoms with Gasteiger partial charge in [-0.25, -0.2) is 9.97 Å². The normalized spacial score (nSPS) is 9.93. The first kappa shape index (κ1) is 10.4. The highest BCUT2D eigenvalue weighted by Crippen LogP contribution is 2.16. The number of rotatable bonds is 3. The van der Waals surface area contributed by atoms with E-state index in [1.807, 2.05) is 30.3 Å². The van der Waals surface area contributed by atoms with E-state index in [0.717, 1.165) is 9.13 Å². The molecule has 15 heavy (non-hydrogen) atoms. The lowest BCUT2D eigenvalue weighted by Crippen LogP contribution is -1.99. The smallest absolute Gasteiger partial charge is 0.230 e. The highest BCUT2D eigenvalue weighted by Gasteiger charge is 2.01. The van der Waals surface area contributed by atoms with Crippen molar-refractivity contribution in [3.8, 4) is 5.88 Å². The number of halogens is 1. The van der Waals surface area contributed by atoms with Crippen molar-refractivity contribution in [3.05, 3.63) is 52.0 Å². The molecule has 0 amide bonds. The molecular weight excluding hydrogens is 303 g/mol. The van der Waals surface area contributed by atoms with Crippen LogP contribution in [0.2, 0.25) is 0 Å². The Kier molecular flexibility index (Phi) is 3.49. The van der Waals surface area contributed by atoms with Gasteiger partial charge in [0.1, 0.15) is 12.9 Å². The minimum Gasteiger partial charge on any atom is -0.472 e. The zero-order chi connectivity index (χ0) is 10.5. The van der Waals surface area contributed by atoms with Crippen molar-refractivity contribution in [3.63, 3.8) is 0 Å². The van der Waals surface area contributed by atoms with Gasteiger partial charge >= 0.3 is 0 Å². The number of nitrogens with zero attached hydrogens (tertiary/aromatic N) is 2. The minimum atomic E-state index is 0.536. The Labute approximate surface area is 102 Å². The average Bonchev–Trinajstić information content (AvgIpc) is 2.29. The van der Waals surface area contributed by atoms with Crippen LogP contribution in [0.4, 0.5) is 0 Å². The summed E-state index contributed by atoms with van der Waals surface area (Å²) in [6.45, 7) is 0.536. The van der Waals surface area contributed by atoms with Crippen LogP contribution >= 0.6 is 22.6 Å². The SMILES string of the molecule is Ic1cncnc1OCc1ccccc1. The first-order chi connectivity index (χ1) is 7.36. The van der Waals surface area contributed by atoms with Crippen molar-refractivity contribution >= 4 is 22.6 Å². The quantitative estimate of drug-likeness (QED) is 0.817. The lowest BCUT2D eigenvalue weighted by molar-refractivity contribution is 0.291. The van der Waals surface area contributed by atoms with Gasteiger partial charge in [0.2, 0.25) is 5.88 Å². The minimum absolute atomic E-state index is 0.536. The van der Waals surface area contributed by atoms with Crippen LogP contribution in [0.5, 0.6) is 5.88 Å². The Morgan fingerprint density at radius 3 is 2.73 bits per heavy atom. The van der Waals surface area contributed by atoms with Gasteiger partial charge in [0.05, 0.1) is 3.57 Å². The molecule has 0 saturated heterocycles. The van der Waals surface area contributed by atoms with Gasteiger partial charge in [-0.3, -0.25) is 0 Å². The van der Waals surface area contributed by atoms with Crippen LogP contribution in [0, 0.1) is 3.57 Å². The molecule has 2 rings (SSSR count). The van der Waals surface area contributed by atoms with Gasteiger partial charge in [0.25, 0.3) is 0 Å². The van der Waals surface area contributed by atoms with Gasteiger partial charge in [-0.1, -0.05) is 30.3 Å². The third kappa shape index (κ3) is 2.89. The lowest BCUT2D eigenvalue weighted by Gasteiger charge is -2.05. The van der Waals surface area contributed by atoms with Crippen molar-refractivity contribution < 1.29 is 4.74 Å². The summed E-state index contributed by atoms with van der Waals surface area (Å²) >= 11 is 2.15. The summed E-state index contributed by atoms with van der Waals surface area (Å²) in [5.41, 5.74) is 1.13. The van der Waals surface area contributed by atoms with E-state index in [-0.39, 0.29) is 0 Å². The summed E-state index contributed by atoms with van der Waals surface area (Å²) < 4.78 is 6.49.